The first-order chi connectivity index (χ1) is 14.3. The molecule has 158 valence electrons. The van der Waals surface area contributed by atoms with Gasteiger partial charge in [0.1, 0.15) is 6.54 Å². The molecule has 3 aromatic rings. The quantitative estimate of drug-likeness (QED) is 0.392. The van der Waals surface area contributed by atoms with Crippen molar-refractivity contribution in [3.8, 4) is 0 Å². The molecule has 0 saturated carbocycles. The van der Waals surface area contributed by atoms with Crippen LogP contribution in [0.5, 0.6) is 0 Å². The van der Waals surface area contributed by atoms with Gasteiger partial charge in [0.2, 0.25) is 0 Å². The maximum absolute atomic E-state index is 12.6. The summed E-state index contributed by atoms with van der Waals surface area (Å²) in [6.07, 6.45) is 0. The molecule has 0 aliphatic carbocycles. The number of nitrogens with two attached hydrogens (primary N) is 2. The molecular weight excluding hydrogens is 410 g/mol. The predicted molar refractivity (Wildman–Crippen MR) is 112 cm³/mol. The maximum Gasteiger partial charge on any atom is 0.338 e. The molecule has 1 amide bonds. The van der Waals surface area contributed by atoms with Gasteiger partial charge in [-0.1, -0.05) is 11.6 Å². The second-order valence-electron chi connectivity index (χ2n) is 6.46. The lowest BCUT2D eigenvalue weighted by Crippen LogP contribution is -2.40. The minimum Gasteiger partial charge on any atom is -0.462 e. The van der Waals surface area contributed by atoms with Gasteiger partial charge in [0.05, 0.1) is 25.8 Å². The van der Waals surface area contributed by atoms with E-state index in [9.17, 15) is 9.59 Å². The molecule has 30 heavy (non-hydrogen) atoms. The topological polar surface area (TPSA) is 142 Å². The Hall–Kier alpha value is -3.40. The smallest absolute Gasteiger partial charge is 0.338 e. The molecule has 0 fully saturated rings. The van der Waals surface area contributed by atoms with E-state index in [-0.39, 0.29) is 35.0 Å². The minimum atomic E-state index is -0.526. The molecule has 3 rings (SSSR count). The number of anilines is 2. The van der Waals surface area contributed by atoms with Gasteiger partial charge in [0.25, 0.3) is 11.7 Å². The van der Waals surface area contributed by atoms with Crippen molar-refractivity contribution < 1.29 is 18.9 Å². The summed E-state index contributed by atoms with van der Waals surface area (Å²) in [5.74, 6) is -0.237. The Morgan fingerprint density at radius 1 is 1.23 bits per heavy atom. The first-order valence-electron chi connectivity index (χ1n) is 9.33. The van der Waals surface area contributed by atoms with E-state index in [4.69, 9.17) is 27.8 Å². The molecule has 11 heteroatoms. The van der Waals surface area contributed by atoms with Crippen LogP contribution in [0.25, 0.3) is 11.0 Å². The number of esters is 1. The number of aryl methyl sites for hydroxylation is 2. The largest absolute Gasteiger partial charge is 0.462 e. The number of fused-ring (bicyclic) bond motifs is 1. The van der Waals surface area contributed by atoms with Crippen LogP contribution in [0.1, 0.15) is 40.5 Å². The lowest BCUT2D eigenvalue weighted by atomic mass is 10.2. The molecule has 0 radical (unpaired) electrons. The summed E-state index contributed by atoms with van der Waals surface area (Å²) in [5, 5.41) is 2.69. The third-order valence-corrected chi connectivity index (χ3v) is 4.96. The molecular formula is C19H23ClN7O3+. The van der Waals surface area contributed by atoms with Crippen molar-refractivity contribution in [1.82, 2.24) is 19.9 Å². The molecule has 0 aliphatic rings. The van der Waals surface area contributed by atoms with Gasteiger partial charge in [0.15, 0.2) is 33.5 Å². The van der Waals surface area contributed by atoms with Crippen molar-refractivity contribution in [1.29, 1.82) is 0 Å². The SMILES string of the molecule is CCOC(=O)c1ccc2c(c1)n(C)c(CNC(=O)c1nc(Cl)c(N)nc1N)[n+]2CC. The van der Waals surface area contributed by atoms with Gasteiger partial charge < -0.3 is 21.5 Å². The molecule has 0 bridgehead atoms. The van der Waals surface area contributed by atoms with E-state index in [1.165, 1.54) is 0 Å². The van der Waals surface area contributed by atoms with Crippen LogP contribution in [0.3, 0.4) is 0 Å². The number of hydrogen-bond acceptors (Lipinski definition) is 7. The minimum absolute atomic E-state index is 0.0411. The highest BCUT2D eigenvalue weighted by Gasteiger charge is 2.24. The molecule has 0 unspecified atom stereocenters. The molecule has 10 nitrogen and oxygen atoms in total. The van der Waals surface area contributed by atoms with Crippen LogP contribution in [0, 0.1) is 0 Å². The van der Waals surface area contributed by atoms with Crippen LogP contribution in [0.2, 0.25) is 5.15 Å². The van der Waals surface area contributed by atoms with Crippen LogP contribution in [0.4, 0.5) is 11.6 Å². The third-order valence-electron chi connectivity index (χ3n) is 4.68. The van der Waals surface area contributed by atoms with E-state index in [0.717, 1.165) is 16.9 Å². The summed E-state index contributed by atoms with van der Waals surface area (Å²) >= 11 is 5.86. The number of benzene rings is 1. The number of hydrogen-bond donors (Lipinski definition) is 3. The number of imidazole rings is 1. The van der Waals surface area contributed by atoms with Gasteiger partial charge in [-0.25, -0.2) is 23.9 Å². The summed E-state index contributed by atoms with van der Waals surface area (Å²) in [5.41, 5.74) is 13.4. The summed E-state index contributed by atoms with van der Waals surface area (Å²) < 4.78 is 9.03. The Morgan fingerprint density at radius 3 is 2.63 bits per heavy atom. The monoisotopic (exact) mass is 432 g/mol. The van der Waals surface area contributed by atoms with Crippen LogP contribution in [0.15, 0.2) is 18.2 Å². The molecule has 0 aliphatic heterocycles. The van der Waals surface area contributed by atoms with Crippen molar-refractivity contribution in [3.63, 3.8) is 0 Å². The van der Waals surface area contributed by atoms with Crippen LogP contribution in [-0.4, -0.2) is 33.0 Å². The van der Waals surface area contributed by atoms with Gasteiger partial charge in [-0.3, -0.25) is 4.79 Å². The van der Waals surface area contributed by atoms with Crippen LogP contribution in [-0.2, 0) is 24.9 Å². The number of rotatable bonds is 6. The van der Waals surface area contributed by atoms with E-state index >= 15 is 0 Å². The van der Waals surface area contributed by atoms with Gasteiger partial charge in [-0.2, -0.15) is 0 Å². The highest BCUT2D eigenvalue weighted by atomic mass is 35.5. The van der Waals surface area contributed by atoms with Gasteiger partial charge in [0, 0.05) is 6.07 Å². The number of aromatic nitrogens is 4. The summed E-state index contributed by atoms with van der Waals surface area (Å²) in [4.78, 5) is 32.4. The fraction of sp³-hybridized carbons (Fsp3) is 0.316. The summed E-state index contributed by atoms with van der Waals surface area (Å²) in [7, 11) is 1.86. The molecule has 5 N–H and O–H groups in total. The number of ether oxygens (including phenoxy) is 1. The zero-order valence-corrected chi connectivity index (χ0v) is 17.7. The second-order valence-corrected chi connectivity index (χ2v) is 6.82. The summed E-state index contributed by atoms with van der Waals surface area (Å²) in [6.45, 7) is 4.91. The Bertz CT molecular complexity index is 1140. The van der Waals surface area contributed by atoms with E-state index < -0.39 is 5.91 Å². The van der Waals surface area contributed by atoms with Crippen LogP contribution >= 0.6 is 11.6 Å². The van der Waals surface area contributed by atoms with E-state index in [0.29, 0.717) is 18.7 Å². The highest BCUT2D eigenvalue weighted by molar-refractivity contribution is 6.31. The number of halogens is 1. The predicted octanol–water partition coefficient (Wildman–Crippen LogP) is 1.20. The van der Waals surface area contributed by atoms with Gasteiger partial charge >= 0.3 is 5.97 Å². The van der Waals surface area contributed by atoms with Crippen molar-refractivity contribution >= 4 is 46.1 Å². The summed E-state index contributed by atoms with van der Waals surface area (Å²) in [6, 6.07) is 5.36. The Morgan fingerprint density at radius 2 is 1.97 bits per heavy atom. The molecule has 1 aromatic carbocycles. The van der Waals surface area contributed by atoms with Crippen molar-refractivity contribution in [3.05, 3.63) is 40.4 Å². The zero-order chi connectivity index (χ0) is 22.0. The van der Waals surface area contributed by atoms with Crippen molar-refractivity contribution in [2.75, 3.05) is 18.1 Å². The lowest BCUT2D eigenvalue weighted by Gasteiger charge is -2.07. The average Bonchev–Trinajstić information content (AvgIpc) is 2.99. The number of nitrogens with one attached hydrogen (secondary N) is 1. The van der Waals surface area contributed by atoms with E-state index in [1.54, 1.807) is 19.1 Å². The lowest BCUT2D eigenvalue weighted by molar-refractivity contribution is -0.676. The highest BCUT2D eigenvalue weighted by Crippen LogP contribution is 2.19. The van der Waals surface area contributed by atoms with Crippen molar-refractivity contribution in [2.24, 2.45) is 7.05 Å². The maximum atomic E-state index is 12.6. The number of carbonyl (C=O) groups is 2. The first-order valence-corrected chi connectivity index (χ1v) is 9.71. The average molecular weight is 433 g/mol. The fourth-order valence-electron chi connectivity index (χ4n) is 3.24. The number of carbonyl (C=O) groups excluding carboxylic acids is 2. The molecule has 0 spiro atoms. The Labute approximate surface area is 177 Å². The Balaban J connectivity index is 1.92. The van der Waals surface area contributed by atoms with Crippen molar-refractivity contribution in [2.45, 2.75) is 26.9 Å². The molecule has 0 atom stereocenters. The molecule has 0 saturated heterocycles. The zero-order valence-electron chi connectivity index (χ0n) is 16.9. The number of nitrogens with zero attached hydrogens (tertiary/aromatic N) is 4. The van der Waals surface area contributed by atoms with Crippen LogP contribution < -0.4 is 21.4 Å². The normalized spacial score (nSPS) is 10.9. The Kier molecular flexibility index (Phi) is 6.06. The molecule has 2 heterocycles. The standard InChI is InChI=1S/C19H22ClN7O3/c1-4-27-11-7-6-10(19(29)30-5-2)8-12(11)26(3)13(27)9-23-18(28)14-16(21)25-17(22)15(20)24-14/h6-8H,4-5,9H2,1-3H3,(H4-,21,22,23,25,28)/p+1. The second kappa shape index (κ2) is 8.54. The van der Waals surface area contributed by atoms with Gasteiger partial charge in [-0.15, -0.1) is 0 Å². The van der Waals surface area contributed by atoms with E-state index in [2.05, 4.69) is 15.3 Å². The third kappa shape index (κ3) is 3.86. The van der Waals surface area contributed by atoms with Gasteiger partial charge in [-0.05, 0) is 26.0 Å². The number of amides is 1. The molecule has 2 aromatic heterocycles. The first kappa shape index (κ1) is 21.3. The fourth-order valence-corrected chi connectivity index (χ4v) is 3.37. The van der Waals surface area contributed by atoms with E-state index in [1.807, 2.05) is 29.2 Å². The number of nitrogen functional groups attached to an aromatic ring is 2.